The highest BCUT2D eigenvalue weighted by molar-refractivity contribution is 6.35. The van der Waals surface area contributed by atoms with Crippen molar-refractivity contribution in [1.29, 1.82) is 0 Å². The maximum absolute atomic E-state index is 12.5. The summed E-state index contributed by atoms with van der Waals surface area (Å²) in [6, 6.07) is 5.34. The van der Waals surface area contributed by atoms with Crippen LogP contribution in [0.25, 0.3) is 0 Å². The Morgan fingerprint density at radius 2 is 1.96 bits per heavy atom. The van der Waals surface area contributed by atoms with Crippen molar-refractivity contribution in [3.05, 3.63) is 33.8 Å². The van der Waals surface area contributed by atoms with Crippen LogP contribution in [0.2, 0.25) is 10.0 Å². The van der Waals surface area contributed by atoms with Crippen molar-refractivity contribution in [1.82, 2.24) is 9.80 Å². The van der Waals surface area contributed by atoms with Gasteiger partial charge in [-0.2, -0.15) is 0 Å². The Hall–Kier alpha value is -1.30. The minimum atomic E-state index is -0.209. The predicted octanol–water partition coefficient (Wildman–Crippen LogP) is 3.02. The normalized spacial score (nSPS) is 15.7. The van der Waals surface area contributed by atoms with Crippen LogP contribution in [0.5, 0.6) is 0 Å². The molecule has 0 spiro atoms. The van der Waals surface area contributed by atoms with E-state index in [0.717, 1.165) is 18.5 Å². The molecule has 0 radical (unpaired) electrons. The second-order valence-electron chi connectivity index (χ2n) is 6.05. The SMILES string of the molecule is CCOC(=O)CN1CCCN(C(=O)CCc2ccc(Cl)cc2Cl)CC1. The molecular weight excluding hydrogens is 363 g/mol. The molecule has 1 aromatic rings. The molecule has 1 aliphatic rings. The second-order valence-corrected chi connectivity index (χ2v) is 6.89. The highest BCUT2D eigenvalue weighted by atomic mass is 35.5. The lowest BCUT2D eigenvalue weighted by molar-refractivity contribution is -0.144. The molecule has 138 valence electrons. The number of amides is 1. The smallest absolute Gasteiger partial charge is 0.320 e. The lowest BCUT2D eigenvalue weighted by Crippen LogP contribution is -2.37. The molecule has 1 saturated heterocycles. The minimum absolute atomic E-state index is 0.115. The molecule has 25 heavy (non-hydrogen) atoms. The number of carbonyl (C=O) groups is 2. The average Bonchev–Trinajstić information content (AvgIpc) is 2.79. The summed E-state index contributed by atoms with van der Waals surface area (Å²) >= 11 is 12.1. The Morgan fingerprint density at radius 3 is 2.68 bits per heavy atom. The molecule has 2 rings (SSSR count). The van der Waals surface area contributed by atoms with Gasteiger partial charge in [0.05, 0.1) is 13.2 Å². The van der Waals surface area contributed by atoms with Crippen LogP contribution in [-0.4, -0.2) is 61.0 Å². The van der Waals surface area contributed by atoms with Gasteiger partial charge in [0.15, 0.2) is 0 Å². The van der Waals surface area contributed by atoms with E-state index in [0.29, 0.717) is 49.1 Å². The van der Waals surface area contributed by atoms with Gasteiger partial charge in [-0.15, -0.1) is 0 Å². The number of hydrogen-bond donors (Lipinski definition) is 0. The number of benzene rings is 1. The first-order chi connectivity index (χ1) is 12.0. The predicted molar refractivity (Wildman–Crippen MR) is 99.1 cm³/mol. The Bertz CT molecular complexity index is 610. The van der Waals surface area contributed by atoms with E-state index < -0.39 is 0 Å². The molecule has 1 heterocycles. The van der Waals surface area contributed by atoms with E-state index in [-0.39, 0.29) is 18.4 Å². The maximum Gasteiger partial charge on any atom is 0.320 e. The summed E-state index contributed by atoms with van der Waals surface area (Å²) in [5.74, 6) is -0.0938. The summed E-state index contributed by atoms with van der Waals surface area (Å²) in [5, 5.41) is 1.19. The first kappa shape index (κ1) is 20.0. The Morgan fingerprint density at radius 1 is 1.16 bits per heavy atom. The van der Waals surface area contributed by atoms with E-state index in [1.807, 2.05) is 15.9 Å². The standard InChI is InChI=1S/C18H24Cl2N2O3/c1-2-25-18(24)13-21-8-3-9-22(11-10-21)17(23)7-5-14-4-6-15(19)12-16(14)20/h4,6,12H,2-3,5,7-11,13H2,1H3. The van der Waals surface area contributed by atoms with E-state index in [9.17, 15) is 9.59 Å². The van der Waals surface area contributed by atoms with Gasteiger partial charge in [0, 0.05) is 42.6 Å². The van der Waals surface area contributed by atoms with Crippen molar-refractivity contribution in [3.8, 4) is 0 Å². The number of hydrogen-bond acceptors (Lipinski definition) is 4. The van der Waals surface area contributed by atoms with Gasteiger partial charge in [0.2, 0.25) is 5.91 Å². The number of ether oxygens (including phenoxy) is 1. The molecule has 1 aromatic carbocycles. The van der Waals surface area contributed by atoms with Gasteiger partial charge >= 0.3 is 5.97 Å². The van der Waals surface area contributed by atoms with E-state index in [4.69, 9.17) is 27.9 Å². The van der Waals surface area contributed by atoms with Crippen LogP contribution in [0, 0.1) is 0 Å². The van der Waals surface area contributed by atoms with Crippen LogP contribution < -0.4 is 0 Å². The Kier molecular flexibility index (Phi) is 8.00. The largest absolute Gasteiger partial charge is 0.465 e. The topological polar surface area (TPSA) is 49.9 Å². The van der Waals surface area contributed by atoms with Gasteiger partial charge in [0.25, 0.3) is 0 Å². The lowest BCUT2D eigenvalue weighted by atomic mass is 10.1. The van der Waals surface area contributed by atoms with Crippen LogP contribution in [0.3, 0.4) is 0 Å². The lowest BCUT2D eigenvalue weighted by Gasteiger charge is -2.21. The van der Waals surface area contributed by atoms with Gasteiger partial charge in [-0.05, 0) is 37.5 Å². The van der Waals surface area contributed by atoms with Crippen molar-refractivity contribution >= 4 is 35.1 Å². The average molecular weight is 387 g/mol. The van der Waals surface area contributed by atoms with Crippen molar-refractivity contribution in [2.24, 2.45) is 0 Å². The highest BCUT2D eigenvalue weighted by Gasteiger charge is 2.20. The molecule has 0 N–H and O–H groups in total. The zero-order valence-corrected chi connectivity index (χ0v) is 16.0. The first-order valence-electron chi connectivity index (χ1n) is 8.59. The highest BCUT2D eigenvalue weighted by Crippen LogP contribution is 2.22. The molecule has 1 fully saturated rings. The van der Waals surface area contributed by atoms with Gasteiger partial charge in [-0.25, -0.2) is 0 Å². The number of halogens is 2. The summed E-state index contributed by atoms with van der Waals surface area (Å²) < 4.78 is 4.98. The second kappa shape index (κ2) is 10.00. The molecule has 0 unspecified atom stereocenters. The molecule has 7 heteroatoms. The third kappa shape index (κ3) is 6.49. The number of carbonyl (C=O) groups excluding carboxylic acids is 2. The zero-order chi connectivity index (χ0) is 18.2. The first-order valence-corrected chi connectivity index (χ1v) is 9.35. The van der Waals surface area contributed by atoms with Crippen LogP contribution in [0.4, 0.5) is 0 Å². The summed E-state index contributed by atoms with van der Waals surface area (Å²) in [6.07, 6.45) is 1.87. The van der Waals surface area contributed by atoms with Gasteiger partial charge in [-0.3, -0.25) is 14.5 Å². The Labute approximate surface area is 158 Å². The molecule has 0 atom stereocenters. The number of rotatable bonds is 6. The van der Waals surface area contributed by atoms with Crippen molar-refractivity contribution in [2.45, 2.75) is 26.2 Å². The monoisotopic (exact) mass is 386 g/mol. The number of esters is 1. The summed E-state index contributed by atoms with van der Waals surface area (Å²) in [7, 11) is 0. The number of aryl methyl sites for hydroxylation is 1. The van der Waals surface area contributed by atoms with Gasteiger partial charge < -0.3 is 9.64 Å². The molecule has 1 amide bonds. The third-order valence-corrected chi connectivity index (χ3v) is 4.81. The van der Waals surface area contributed by atoms with E-state index in [2.05, 4.69) is 0 Å². The van der Waals surface area contributed by atoms with Crippen molar-refractivity contribution < 1.29 is 14.3 Å². The fraction of sp³-hybridized carbons (Fsp3) is 0.556. The molecular formula is C18H24Cl2N2O3. The fourth-order valence-electron chi connectivity index (χ4n) is 2.89. The van der Waals surface area contributed by atoms with Gasteiger partial charge in [-0.1, -0.05) is 29.3 Å². The van der Waals surface area contributed by atoms with Crippen LogP contribution in [0.1, 0.15) is 25.3 Å². The third-order valence-electron chi connectivity index (χ3n) is 4.22. The summed E-state index contributed by atoms with van der Waals surface area (Å²) in [4.78, 5) is 28.0. The molecule has 0 saturated carbocycles. The van der Waals surface area contributed by atoms with Crippen LogP contribution in [-0.2, 0) is 20.7 Å². The quantitative estimate of drug-likeness (QED) is 0.705. The van der Waals surface area contributed by atoms with E-state index in [1.54, 1.807) is 19.1 Å². The maximum atomic E-state index is 12.5. The fourth-order valence-corrected chi connectivity index (χ4v) is 3.39. The van der Waals surface area contributed by atoms with Crippen LogP contribution >= 0.6 is 23.2 Å². The zero-order valence-electron chi connectivity index (χ0n) is 14.5. The van der Waals surface area contributed by atoms with Crippen LogP contribution in [0.15, 0.2) is 18.2 Å². The van der Waals surface area contributed by atoms with Crippen molar-refractivity contribution in [3.63, 3.8) is 0 Å². The molecule has 0 aliphatic carbocycles. The molecule has 5 nitrogen and oxygen atoms in total. The number of nitrogens with zero attached hydrogens (tertiary/aromatic N) is 2. The molecule has 0 aromatic heterocycles. The van der Waals surface area contributed by atoms with E-state index in [1.165, 1.54) is 0 Å². The Balaban J connectivity index is 1.81. The minimum Gasteiger partial charge on any atom is -0.465 e. The van der Waals surface area contributed by atoms with E-state index >= 15 is 0 Å². The summed E-state index contributed by atoms with van der Waals surface area (Å²) in [6.45, 7) is 5.31. The van der Waals surface area contributed by atoms with Gasteiger partial charge in [0.1, 0.15) is 0 Å². The van der Waals surface area contributed by atoms with Crippen molar-refractivity contribution in [2.75, 3.05) is 39.3 Å². The summed E-state index contributed by atoms with van der Waals surface area (Å²) in [5.41, 5.74) is 0.929. The molecule has 1 aliphatic heterocycles. The molecule has 0 bridgehead atoms.